The van der Waals surface area contributed by atoms with Crippen molar-refractivity contribution in [2.24, 2.45) is 0 Å². The number of hydrogen-bond acceptors (Lipinski definition) is 5. The molecule has 2 aliphatic rings. The third-order valence-corrected chi connectivity index (χ3v) is 7.53. The van der Waals surface area contributed by atoms with Gasteiger partial charge in [-0.25, -0.2) is 4.98 Å². The van der Waals surface area contributed by atoms with Gasteiger partial charge in [-0.2, -0.15) is 0 Å². The van der Waals surface area contributed by atoms with E-state index in [0.29, 0.717) is 20.7 Å². The predicted molar refractivity (Wildman–Crippen MR) is 118 cm³/mol. The molecule has 2 fully saturated rings. The molecule has 3 heterocycles. The monoisotopic (exact) mass is 430 g/mol. The number of likely N-dealkylation sites (tertiary alicyclic amines) is 1. The van der Waals surface area contributed by atoms with Gasteiger partial charge in [-0.3, -0.25) is 19.0 Å². The fourth-order valence-electron chi connectivity index (χ4n) is 4.55. The smallest absolute Gasteiger partial charge is 0.262 e. The first-order valence-corrected chi connectivity index (χ1v) is 11.9. The second-order valence-corrected chi connectivity index (χ2v) is 9.52. The largest absolute Gasteiger partial charge is 0.349 e. The average molecular weight is 431 g/mol. The van der Waals surface area contributed by atoms with Gasteiger partial charge in [0.15, 0.2) is 0 Å². The number of rotatable bonds is 4. The minimum absolute atomic E-state index is 0.000659. The lowest BCUT2D eigenvalue weighted by Gasteiger charge is -2.26. The summed E-state index contributed by atoms with van der Waals surface area (Å²) in [6.07, 6.45) is 11.4. The van der Waals surface area contributed by atoms with Gasteiger partial charge in [0.1, 0.15) is 11.4 Å². The Morgan fingerprint density at radius 1 is 1.10 bits per heavy atom. The molecule has 1 saturated carbocycles. The number of piperidine rings is 1. The lowest BCUT2D eigenvalue weighted by Crippen LogP contribution is -2.39. The van der Waals surface area contributed by atoms with Crippen molar-refractivity contribution >= 4 is 33.4 Å². The van der Waals surface area contributed by atoms with Crippen LogP contribution in [0.3, 0.4) is 0 Å². The van der Waals surface area contributed by atoms with E-state index in [1.807, 2.05) is 4.90 Å². The number of nitrogens with zero attached hydrogens (tertiary/aromatic N) is 3. The summed E-state index contributed by atoms with van der Waals surface area (Å²) in [4.78, 5) is 45.9. The van der Waals surface area contributed by atoms with Crippen molar-refractivity contribution in [2.45, 2.75) is 77.3 Å². The fraction of sp³-hybridized carbons (Fsp3) is 0.636. The Kier molecular flexibility index (Phi) is 6.51. The van der Waals surface area contributed by atoms with Gasteiger partial charge in [0.25, 0.3) is 11.5 Å². The maximum atomic E-state index is 13.1. The number of carbonyl (C=O) groups is 2. The molecule has 2 aromatic heterocycles. The molecule has 4 rings (SSSR count). The van der Waals surface area contributed by atoms with E-state index >= 15 is 0 Å². The van der Waals surface area contributed by atoms with Gasteiger partial charge in [0, 0.05) is 19.1 Å². The summed E-state index contributed by atoms with van der Waals surface area (Å²) < 4.78 is 1.38. The van der Waals surface area contributed by atoms with Gasteiger partial charge in [-0.15, -0.1) is 11.3 Å². The molecule has 2 aromatic rings. The standard InChI is InChI=1S/C22H30N4O3S/c1-15-18-21(30-19(15)20(28)24-16-9-5-2-3-6-10-16)23-14-26(22(18)29)13-17(27)25-11-7-4-8-12-25/h14,16H,2-13H2,1H3,(H,24,28). The van der Waals surface area contributed by atoms with Gasteiger partial charge < -0.3 is 10.2 Å². The van der Waals surface area contributed by atoms with E-state index in [-0.39, 0.29) is 30.0 Å². The van der Waals surface area contributed by atoms with Crippen molar-refractivity contribution in [3.8, 4) is 0 Å². The Balaban J connectivity index is 1.54. The van der Waals surface area contributed by atoms with Crippen LogP contribution in [-0.2, 0) is 11.3 Å². The Morgan fingerprint density at radius 2 is 1.77 bits per heavy atom. The molecule has 1 saturated heterocycles. The number of thiophene rings is 1. The van der Waals surface area contributed by atoms with E-state index in [9.17, 15) is 14.4 Å². The Labute approximate surface area is 180 Å². The maximum Gasteiger partial charge on any atom is 0.262 e. The lowest BCUT2D eigenvalue weighted by molar-refractivity contribution is -0.132. The van der Waals surface area contributed by atoms with E-state index in [1.165, 1.54) is 35.1 Å². The summed E-state index contributed by atoms with van der Waals surface area (Å²) in [7, 11) is 0. The molecular formula is C22H30N4O3S. The first kappa shape index (κ1) is 21.0. The van der Waals surface area contributed by atoms with Gasteiger partial charge in [-0.05, 0) is 44.6 Å². The molecule has 1 N–H and O–H groups in total. The van der Waals surface area contributed by atoms with Crippen molar-refractivity contribution in [1.29, 1.82) is 0 Å². The summed E-state index contributed by atoms with van der Waals surface area (Å²) >= 11 is 1.26. The molecule has 1 aliphatic carbocycles. The summed E-state index contributed by atoms with van der Waals surface area (Å²) in [5, 5.41) is 3.62. The van der Waals surface area contributed by atoms with E-state index < -0.39 is 0 Å². The Morgan fingerprint density at radius 3 is 2.47 bits per heavy atom. The highest BCUT2D eigenvalue weighted by Gasteiger charge is 2.23. The lowest BCUT2D eigenvalue weighted by atomic mass is 10.1. The molecule has 8 heteroatoms. The molecule has 0 aromatic carbocycles. The van der Waals surface area contributed by atoms with Crippen LogP contribution < -0.4 is 10.9 Å². The van der Waals surface area contributed by atoms with Crippen molar-refractivity contribution in [1.82, 2.24) is 19.8 Å². The number of carbonyl (C=O) groups excluding carboxylic acids is 2. The molecule has 30 heavy (non-hydrogen) atoms. The van der Waals surface area contributed by atoms with Gasteiger partial charge in [0.2, 0.25) is 5.91 Å². The van der Waals surface area contributed by atoms with Crippen LogP contribution in [0.2, 0.25) is 0 Å². The zero-order chi connectivity index (χ0) is 21.1. The summed E-state index contributed by atoms with van der Waals surface area (Å²) in [5.41, 5.74) is 0.422. The molecule has 7 nitrogen and oxygen atoms in total. The average Bonchev–Trinajstić information content (AvgIpc) is 2.91. The maximum absolute atomic E-state index is 13.1. The van der Waals surface area contributed by atoms with E-state index in [0.717, 1.165) is 58.0 Å². The predicted octanol–water partition coefficient (Wildman–Crippen LogP) is 3.23. The number of aryl methyl sites for hydroxylation is 1. The molecule has 0 radical (unpaired) electrons. The van der Waals surface area contributed by atoms with Crippen molar-refractivity contribution in [2.75, 3.05) is 13.1 Å². The second-order valence-electron chi connectivity index (χ2n) is 8.52. The third-order valence-electron chi connectivity index (χ3n) is 6.33. The van der Waals surface area contributed by atoms with Crippen LogP contribution in [0.1, 0.15) is 73.0 Å². The normalized spacial score (nSPS) is 18.4. The summed E-state index contributed by atoms with van der Waals surface area (Å²) in [6.45, 7) is 3.32. The van der Waals surface area contributed by atoms with E-state index in [1.54, 1.807) is 6.92 Å². The van der Waals surface area contributed by atoms with Gasteiger partial charge >= 0.3 is 0 Å². The van der Waals surface area contributed by atoms with Gasteiger partial charge in [-0.1, -0.05) is 25.7 Å². The molecule has 0 atom stereocenters. The SMILES string of the molecule is Cc1c(C(=O)NC2CCCCCC2)sc2ncn(CC(=O)N3CCCCC3)c(=O)c12. The summed E-state index contributed by atoms with van der Waals surface area (Å²) in [5.74, 6) is -0.157. The first-order valence-electron chi connectivity index (χ1n) is 11.1. The quantitative estimate of drug-likeness (QED) is 0.755. The highest BCUT2D eigenvalue weighted by molar-refractivity contribution is 7.20. The van der Waals surface area contributed by atoms with Gasteiger partial charge in [0.05, 0.1) is 16.6 Å². The number of amides is 2. The van der Waals surface area contributed by atoms with Crippen molar-refractivity contribution in [3.05, 3.63) is 27.1 Å². The minimum atomic E-state index is -0.243. The van der Waals surface area contributed by atoms with Crippen molar-refractivity contribution in [3.63, 3.8) is 0 Å². The molecular weight excluding hydrogens is 400 g/mol. The zero-order valence-corrected chi connectivity index (χ0v) is 18.4. The number of fused-ring (bicyclic) bond motifs is 1. The molecule has 162 valence electrons. The van der Waals surface area contributed by atoms with Crippen molar-refractivity contribution < 1.29 is 9.59 Å². The van der Waals surface area contributed by atoms with Crippen LogP contribution >= 0.6 is 11.3 Å². The molecule has 1 aliphatic heterocycles. The summed E-state index contributed by atoms with van der Waals surface area (Å²) in [6, 6.07) is 0.205. The zero-order valence-electron chi connectivity index (χ0n) is 17.6. The first-order chi connectivity index (χ1) is 14.5. The van der Waals surface area contributed by atoms with Crippen LogP contribution in [0.4, 0.5) is 0 Å². The molecule has 0 unspecified atom stereocenters. The van der Waals surface area contributed by atoms with Crippen LogP contribution in [0.25, 0.3) is 10.2 Å². The topological polar surface area (TPSA) is 84.3 Å². The second kappa shape index (κ2) is 9.29. The number of nitrogens with one attached hydrogen (secondary N) is 1. The highest BCUT2D eigenvalue weighted by atomic mass is 32.1. The minimum Gasteiger partial charge on any atom is -0.349 e. The Hall–Kier alpha value is -2.22. The fourth-order valence-corrected chi connectivity index (χ4v) is 5.59. The third kappa shape index (κ3) is 4.43. The van der Waals surface area contributed by atoms with E-state index in [2.05, 4.69) is 10.3 Å². The van der Waals surface area contributed by atoms with Crippen LogP contribution in [0.15, 0.2) is 11.1 Å². The van der Waals surface area contributed by atoms with Crippen LogP contribution in [0.5, 0.6) is 0 Å². The van der Waals surface area contributed by atoms with E-state index in [4.69, 9.17) is 0 Å². The Bertz CT molecular complexity index is 982. The van der Waals surface area contributed by atoms with Crippen LogP contribution in [-0.4, -0.2) is 45.4 Å². The molecule has 0 spiro atoms. The molecule has 0 bridgehead atoms. The highest BCUT2D eigenvalue weighted by Crippen LogP contribution is 2.27. The number of hydrogen-bond donors (Lipinski definition) is 1. The molecule has 2 amide bonds. The number of aromatic nitrogens is 2. The van der Waals surface area contributed by atoms with Crippen LogP contribution in [0, 0.1) is 6.92 Å².